The van der Waals surface area contributed by atoms with Crippen molar-refractivity contribution in [3.8, 4) is 0 Å². The van der Waals surface area contributed by atoms with Crippen LogP contribution in [0.25, 0.3) is 0 Å². The molecular formula is C11H15NO4S. The fraction of sp³-hybridized carbons (Fsp3) is 0.455. The van der Waals surface area contributed by atoms with Crippen LogP contribution in [0.3, 0.4) is 0 Å². The van der Waals surface area contributed by atoms with Crippen molar-refractivity contribution in [3.05, 3.63) is 29.8 Å². The minimum atomic E-state index is -3.97. The minimum Gasteiger partial charge on any atom is -0.378 e. The monoisotopic (exact) mass is 257 g/mol. The Morgan fingerprint density at radius 1 is 1.29 bits per heavy atom. The van der Waals surface area contributed by atoms with Gasteiger partial charge < -0.3 is 9.64 Å². The van der Waals surface area contributed by atoms with Crippen molar-refractivity contribution in [1.29, 1.82) is 0 Å². The molecule has 0 aliphatic carbocycles. The molecule has 0 spiro atoms. The van der Waals surface area contributed by atoms with E-state index in [0.717, 1.165) is 18.8 Å². The van der Waals surface area contributed by atoms with Gasteiger partial charge in [-0.1, -0.05) is 12.1 Å². The minimum absolute atomic E-state index is 0.342. The zero-order chi connectivity index (χ0) is 12.3. The molecule has 94 valence electrons. The molecule has 0 atom stereocenters. The first-order chi connectivity index (χ1) is 8.04. The maximum atomic E-state index is 10.8. The molecule has 0 amide bonds. The quantitative estimate of drug-likeness (QED) is 0.815. The first-order valence-electron chi connectivity index (χ1n) is 5.41. The lowest BCUT2D eigenvalue weighted by Gasteiger charge is -2.29. The van der Waals surface area contributed by atoms with Crippen LogP contribution in [-0.2, 0) is 20.6 Å². The molecule has 1 aliphatic heterocycles. The van der Waals surface area contributed by atoms with Crippen LogP contribution in [0, 0.1) is 0 Å². The van der Waals surface area contributed by atoms with E-state index in [1.54, 1.807) is 18.2 Å². The number of benzene rings is 1. The molecule has 0 unspecified atom stereocenters. The van der Waals surface area contributed by atoms with Crippen LogP contribution in [0.5, 0.6) is 0 Å². The van der Waals surface area contributed by atoms with Crippen LogP contribution in [0.2, 0.25) is 0 Å². The lowest BCUT2D eigenvalue weighted by Crippen LogP contribution is -2.36. The summed E-state index contributed by atoms with van der Waals surface area (Å²) in [6.07, 6.45) is 0. The Morgan fingerprint density at radius 3 is 2.65 bits per heavy atom. The Bertz CT molecular complexity index is 480. The highest BCUT2D eigenvalue weighted by Gasteiger charge is 2.13. The summed E-state index contributed by atoms with van der Waals surface area (Å²) >= 11 is 0. The Kier molecular flexibility index (Phi) is 3.66. The van der Waals surface area contributed by atoms with Gasteiger partial charge in [-0.2, -0.15) is 8.42 Å². The highest BCUT2D eigenvalue weighted by Crippen LogP contribution is 2.18. The van der Waals surface area contributed by atoms with Crippen LogP contribution in [0.15, 0.2) is 24.3 Å². The van der Waals surface area contributed by atoms with E-state index in [1.165, 1.54) is 0 Å². The van der Waals surface area contributed by atoms with Gasteiger partial charge in [-0.25, -0.2) is 0 Å². The molecule has 0 bridgehead atoms. The van der Waals surface area contributed by atoms with E-state index in [4.69, 9.17) is 9.29 Å². The van der Waals surface area contributed by atoms with E-state index in [2.05, 4.69) is 4.90 Å². The topological polar surface area (TPSA) is 66.8 Å². The maximum absolute atomic E-state index is 10.8. The highest BCUT2D eigenvalue weighted by atomic mass is 32.2. The predicted molar refractivity (Wildman–Crippen MR) is 64.7 cm³/mol. The molecule has 1 saturated heterocycles. The second kappa shape index (κ2) is 5.03. The Hall–Kier alpha value is -1.11. The fourth-order valence-corrected chi connectivity index (χ4v) is 2.48. The van der Waals surface area contributed by atoms with Crippen molar-refractivity contribution in [1.82, 2.24) is 0 Å². The molecule has 2 rings (SSSR count). The molecule has 1 heterocycles. The van der Waals surface area contributed by atoms with Gasteiger partial charge in [0.1, 0.15) is 5.75 Å². The van der Waals surface area contributed by atoms with Crippen LogP contribution < -0.4 is 4.90 Å². The van der Waals surface area contributed by atoms with Gasteiger partial charge in [0.15, 0.2) is 0 Å². The third-order valence-electron chi connectivity index (χ3n) is 2.64. The first kappa shape index (κ1) is 12.3. The average molecular weight is 257 g/mol. The van der Waals surface area contributed by atoms with E-state index in [-0.39, 0.29) is 5.75 Å². The number of nitrogens with zero attached hydrogens (tertiary/aromatic N) is 1. The smallest absolute Gasteiger partial charge is 0.269 e. The summed E-state index contributed by atoms with van der Waals surface area (Å²) in [4.78, 5) is 2.14. The van der Waals surface area contributed by atoms with E-state index >= 15 is 0 Å². The molecule has 0 aromatic heterocycles. The summed E-state index contributed by atoms with van der Waals surface area (Å²) in [5.74, 6) is -0.342. The molecule has 6 heteroatoms. The summed E-state index contributed by atoms with van der Waals surface area (Å²) in [7, 11) is -3.97. The molecule has 1 fully saturated rings. The fourth-order valence-electron chi connectivity index (χ4n) is 1.88. The number of ether oxygens (including phenoxy) is 1. The number of hydrogen-bond donors (Lipinski definition) is 1. The van der Waals surface area contributed by atoms with Crippen molar-refractivity contribution >= 4 is 15.8 Å². The van der Waals surface area contributed by atoms with Gasteiger partial charge in [0, 0.05) is 18.8 Å². The number of hydrogen-bond acceptors (Lipinski definition) is 4. The second-order valence-electron chi connectivity index (χ2n) is 4.00. The van der Waals surface area contributed by atoms with Crippen LogP contribution >= 0.6 is 0 Å². The lowest BCUT2D eigenvalue weighted by atomic mass is 10.2. The molecule has 5 nitrogen and oxygen atoms in total. The van der Waals surface area contributed by atoms with Crippen molar-refractivity contribution < 1.29 is 17.7 Å². The molecule has 1 aromatic rings. The van der Waals surface area contributed by atoms with Gasteiger partial charge in [-0.3, -0.25) is 4.55 Å². The molecule has 1 N–H and O–H groups in total. The van der Waals surface area contributed by atoms with Gasteiger partial charge in [0.05, 0.1) is 13.2 Å². The van der Waals surface area contributed by atoms with Crippen LogP contribution in [-0.4, -0.2) is 39.3 Å². The van der Waals surface area contributed by atoms with Crippen molar-refractivity contribution in [3.63, 3.8) is 0 Å². The molecule has 1 aliphatic rings. The first-order valence-corrected chi connectivity index (χ1v) is 7.02. The lowest BCUT2D eigenvalue weighted by molar-refractivity contribution is 0.122. The predicted octanol–water partition coefficient (Wildman–Crippen LogP) is 0.911. The molecular weight excluding hydrogens is 242 g/mol. The number of rotatable bonds is 3. The zero-order valence-electron chi connectivity index (χ0n) is 9.37. The molecule has 0 radical (unpaired) electrons. The molecule has 1 aromatic carbocycles. The van der Waals surface area contributed by atoms with Gasteiger partial charge in [0.2, 0.25) is 0 Å². The maximum Gasteiger partial charge on any atom is 0.269 e. The molecule has 0 saturated carbocycles. The van der Waals surface area contributed by atoms with Gasteiger partial charge in [-0.05, 0) is 17.7 Å². The third-order valence-corrected chi connectivity index (χ3v) is 3.33. The summed E-state index contributed by atoms with van der Waals surface area (Å²) in [6, 6.07) is 7.21. The van der Waals surface area contributed by atoms with Crippen molar-refractivity contribution in [2.45, 2.75) is 5.75 Å². The Balaban J connectivity index is 2.16. The summed E-state index contributed by atoms with van der Waals surface area (Å²) < 4.78 is 35.7. The second-order valence-corrected chi connectivity index (χ2v) is 5.45. The Labute approximate surface area is 101 Å². The van der Waals surface area contributed by atoms with E-state index in [1.807, 2.05) is 6.07 Å². The van der Waals surface area contributed by atoms with Crippen molar-refractivity contribution in [2.75, 3.05) is 31.2 Å². The third kappa shape index (κ3) is 3.69. The normalized spacial score (nSPS) is 17.1. The summed E-state index contributed by atoms with van der Waals surface area (Å²) in [6.45, 7) is 2.97. The summed E-state index contributed by atoms with van der Waals surface area (Å²) in [5, 5.41) is 0. The standard InChI is InChI=1S/C11H15NO4S/c13-17(14,15)9-10-2-1-3-11(8-10)12-4-6-16-7-5-12/h1-3,8H,4-7,9H2,(H,13,14,15). The van der Waals surface area contributed by atoms with Crippen LogP contribution in [0.4, 0.5) is 5.69 Å². The van der Waals surface area contributed by atoms with Crippen molar-refractivity contribution in [2.24, 2.45) is 0 Å². The van der Waals surface area contributed by atoms with Gasteiger partial charge in [0.25, 0.3) is 10.1 Å². The van der Waals surface area contributed by atoms with E-state index in [9.17, 15) is 8.42 Å². The van der Waals surface area contributed by atoms with Gasteiger partial charge >= 0.3 is 0 Å². The zero-order valence-corrected chi connectivity index (χ0v) is 10.2. The average Bonchev–Trinajstić information content (AvgIpc) is 2.28. The number of anilines is 1. The van der Waals surface area contributed by atoms with Gasteiger partial charge in [-0.15, -0.1) is 0 Å². The van der Waals surface area contributed by atoms with Crippen LogP contribution in [0.1, 0.15) is 5.56 Å². The van der Waals surface area contributed by atoms with E-state index < -0.39 is 10.1 Å². The molecule has 17 heavy (non-hydrogen) atoms. The highest BCUT2D eigenvalue weighted by molar-refractivity contribution is 7.85. The SMILES string of the molecule is O=S(=O)(O)Cc1cccc(N2CCOCC2)c1. The number of morpholine rings is 1. The largest absolute Gasteiger partial charge is 0.378 e. The summed E-state index contributed by atoms with van der Waals surface area (Å²) in [5.41, 5.74) is 1.56. The van der Waals surface area contributed by atoms with E-state index in [0.29, 0.717) is 18.8 Å². The Morgan fingerprint density at radius 2 is 2.00 bits per heavy atom.